The topological polar surface area (TPSA) is 79.2 Å². The summed E-state index contributed by atoms with van der Waals surface area (Å²) in [5.41, 5.74) is 0.995. The molecule has 0 unspecified atom stereocenters. The van der Waals surface area contributed by atoms with E-state index in [9.17, 15) is 13.7 Å². The summed E-state index contributed by atoms with van der Waals surface area (Å²) in [7, 11) is -2.47. The van der Waals surface area contributed by atoms with Crippen molar-refractivity contribution in [1.29, 1.82) is 5.26 Å². The van der Waals surface area contributed by atoms with Gasteiger partial charge in [-0.05, 0) is 35.9 Å². The predicted molar refractivity (Wildman–Crippen MR) is 98.8 cm³/mol. The monoisotopic (exact) mass is 396 g/mol. The Morgan fingerprint density at radius 1 is 1.20 bits per heavy atom. The molecule has 8 heteroatoms. The number of hydrogen-bond donors (Lipinski definition) is 1. The highest BCUT2D eigenvalue weighted by Crippen LogP contribution is 2.27. The molecule has 0 aliphatic heterocycles. The van der Waals surface area contributed by atoms with Crippen LogP contribution >= 0.6 is 23.2 Å². The average molecular weight is 397 g/mol. The van der Waals surface area contributed by atoms with Gasteiger partial charge in [-0.15, -0.1) is 0 Å². The van der Waals surface area contributed by atoms with Crippen molar-refractivity contribution in [1.82, 2.24) is 4.72 Å². The highest BCUT2D eigenvalue weighted by Gasteiger charge is 2.18. The summed E-state index contributed by atoms with van der Waals surface area (Å²) in [6.45, 7) is 0.0294. The van der Waals surface area contributed by atoms with Gasteiger partial charge in [0.15, 0.2) is 4.91 Å². The molecule has 0 aliphatic carbocycles. The van der Waals surface area contributed by atoms with Crippen molar-refractivity contribution >= 4 is 39.3 Å². The zero-order chi connectivity index (χ0) is 18.4. The molecule has 130 valence electrons. The molecule has 0 radical (unpaired) electrons. The highest BCUT2D eigenvalue weighted by atomic mass is 35.5. The van der Waals surface area contributed by atoms with E-state index in [1.165, 1.54) is 0 Å². The van der Waals surface area contributed by atoms with E-state index >= 15 is 0 Å². The Kier molecular flexibility index (Phi) is 6.45. The number of rotatable bonds is 6. The molecule has 0 saturated carbocycles. The van der Waals surface area contributed by atoms with Crippen molar-refractivity contribution in [3.63, 3.8) is 0 Å². The third-order valence-corrected chi connectivity index (χ3v) is 5.27. The van der Waals surface area contributed by atoms with Crippen molar-refractivity contribution in [2.45, 2.75) is 6.54 Å². The van der Waals surface area contributed by atoms with Crippen molar-refractivity contribution in [2.24, 2.45) is 0 Å². The summed E-state index contributed by atoms with van der Waals surface area (Å²) in [5.74, 6) is 0.664. The zero-order valence-electron chi connectivity index (χ0n) is 13.2. The van der Waals surface area contributed by atoms with Crippen LogP contribution in [-0.2, 0) is 16.6 Å². The van der Waals surface area contributed by atoms with Crippen LogP contribution in [0.1, 0.15) is 11.1 Å². The van der Waals surface area contributed by atoms with Gasteiger partial charge >= 0.3 is 0 Å². The van der Waals surface area contributed by atoms with E-state index in [1.807, 2.05) is 0 Å². The van der Waals surface area contributed by atoms with Crippen LogP contribution in [0.3, 0.4) is 0 Å². The van der Waals surface area contributed by atoms with Crippen LogP contribution in [0.5, 0.6) is 5.75 Å². The molecule has 0 fully saturated rings. The molecule has 0 atom stereocenters. The lowest BCUT2D eigenvalue weighted by molar-refractivity contribution is 0.414. The number of ether oxygens (including phenoxy) is 1. The minimum absolute atomic E-state index is 0.0294. The Balaban J connectivity index is 2.23. The van der Waals surface area contributed by atoms with Gasteiger partial charge in [-0.25, -0.2) is 13.1 Å². The Bertz CT molecular complexity index is 913. The number of hydrogen-bond acceptors (Lipinski definition) is 4. The van der Waals surface area contributed by atoms with Gasteiger partial charge in [0.05, 0.1) is 7.11 Å². The summed E-state index contributed by atoms with van der Waals surface area (Å²) in [5, 5.41) is 9.74. The fourth-order valence-corrected chi connectivity index (χ4v) is 3.36. The van der Waals surface area contributed by atoms with Gasteiger partial charge < -0.3 is 4.74 Å². The van der Waals surface area contributed by atoms with Crippen LogP contribution in [0.4, 0.5) is 0 Å². The predicted octanol–water partition coefficient (Wildman–Crippen LogP) is 3.99. The summed E-state index contributed by atoms with van der Waals surface area (Å²) >= 11 is 12.0. The first-order chi connectivity index (χ1) is 11.9. The summed E-state index contributed by atoms with van der Waals surface area (Å²) < 4.78 is 32.2. The third kappa shape index (κ3) is 4.97. The van der Waals surface area contributed by atoms with Crippen LogP contribution in [-0.4, -0.2) is 15.5 Å². The number of allylic oxidation sites excluding steroid dienone is 1. The molecular weight excluding hydrogens is 383 g/mol. The summed E-state index contributed by atoms with van der Waals surface area (Å²) in [6.07, 6.45) is 1.15. The second-order valence-corrected chi connectivity index (χ2v) is 7.48. The van der Waals surface area contributed by atoms with Crippen LogP contribution < -0.4 is 9.46 Å². The first kappa shape index (κ1) is 19.3. The van der Waals surface area contributed by atoms with Gasteiger partial charge in [-0.2, -0.15) is 5.26 Å². The van der Waals surface area contributed by atoms with E-state index in [-0.39, 0.29) is 22.2 Å². The van der Waals surface area contributed by atoms with E-state index in [0.717, 1.165) is 11.6 Å². The quantitative estimate of drug-likeness (QED) is 0.748. The number of nitriles is 1. The van der Waals surface area contributed by atoms with E-state index in [1.54, 1.807) is 55.6 Å². The van der Waals surface area contributed by atoms with E-state index in [2.05, 4.69) is 4.72 Å². The molecule has 25 heavy (non-hydrogen) atoms. The van der Waals surface area contributed by atoms with E-state index in [0.29, 0.717) is 5.75 Å². The maximum Gasteiger partial charge on any atom is 0.251 e. The Hall–Kier alpha value is -2.04. The number of benzene rings is 2. The second-order valence-electron chi connectivity index (χ2n) is 4.93. The standard InChI is InChI=1S/C17H14Cl2N2O3S/c1-24-13-7-5-12(6-8-13)11-21-25(22,23)14(10-20)9-15-16(18)3-2-4-17(15)19/h2-9,21H,11H2,1H3/b14-9+. The largest absolute Gasteiger partial charge is 0.497 e. The van der Waals surface area contributed by atoms with Crippen LogP contribution in [0.2, 0.25) is 10.0 Å². The summed E-state index contributed by atoms with van der Waals surface area (Å²) in [4.78, 5) is -0.476. The highest BCUT2D eigenvalue weighted by molar-refractivity contribution is 7.93. The lowest BCUT2D eigenvalue weighted by Crippen LogP contribution is -2.24. The van der Waals surface area contributed by atoms with Crippen molar-refractivity contribution in [3.05, 3.63) is 68.5 Å². The first-order valence-electron chi connectivity index (χ1n) is 7.06. The minimum atomic E-state index is -4.02. The fraction of sp³-hybridized carbons (Fsp3) is 0.118. The van der Waals surface area contributed by atoms with Gasteiger partial charge in [0.25, 0.3) is 10.0 Å². The van der Waals surface area contributed by atoms with Crippen LogP contribution in [0.25, 0.3) is 6.08 Å². The van der Waals surface area contributed by atoms with Crippen molar-refractivity contribution < 1.29 is 13.2 Å². The molecule has 0 bridgehead atoms. The molecule has 0 aliphatic rings. The van der Waals surface area contributed by atoms with Gasteiger partial charge in [0.2, 0.25) is 0 Å². The van der Waals surface area contributed by atoms with Gasteiger partial charge in [0, 0.05) is 22.2 Å². The third-order valence-electron chi connectivity index (χ3n) is 3.30. The number of sulfonamides is 1. The normalized spacial score (nSPS) is 11.8. The lowest BCUT2D eigenvalue weighted by Gasteiger charge is -2.08. The summed E-state index contributed by atoms with van der Waals surface area (Å²) in [6, 6.07) is 13.3. The molecule has 0 heterocycles. The lowest BCUT2D eigenvalue weighted by atomic mass is 10.2. The maximum absolute atomic E-state index is 12.4. The van der Waals surface area contributed by atoms with Crippen LogP contribution in [0, 0.1) is 11.3 Å². The Morgan fingerprint density at radius 3 is 2.32 bits per heavy atom. The molecule has 5 nitrogen and oxygen atoms in total. The molecule has 0 saturated heterocycles. The second kappa shape index (κ2) is 8.37. The van der Waals surface area contributed by atoms with E-state index < -0.39 is 14.9 Å². The van der Waals surface area contributed by atoms with E-state index in [4.69, 9.17) is 27.9 Å². The number of methoxy groups -OCH3 is 1. The number of nitrogens with one attached hydrogen (secondary N) is 1. The number of halogens is 2. The van der Waals surface area contributed by atoms with Gasteiger partial charge in [-0.3, -0.25) is 0 Å². The Morgan fingerprint density at radius 2 is 1.80 bits per heavy atom. The maximum atomic E-state index is 12.4. The van der Waals surface area contributed by atoms with Gasteiger partial charge in [0.1, 0.15) is 11.8 Å². The minimum Gasteiger partial charge on any atom is -0.497 e. The van der Waals surface area contributed by atoms with Crippen LogP contribution in [0.15, 0.2) is 47.4 Å². The molecule has 0 aromatic heterocycles. The van der Waals surface area contributed by atoms with Crippen molar-refractivity contribution in [2.75, 3.05) is 7.11 Å². The molecule has 2 rings (SSSR count). The van der Waals surface area contributed by atoms with Gasteiger partial charge in [-0.1, -0.05) is 41.4 Å². The fourth-order valence-electron chi connectivity index (χ4n) is 1.95. The SMILES string of the molecule is COc1ccc(CNS(=O)(=O)/C(C#N)=C/c2c(Cl)cccc2Cl)cc1. The average Bonchev–Trinajstić information content (AvgIpc) is 2.60. The molecule has 0 amide bonds. The molecule has 2 aromatic rings. The molecule has 0 spiro atoms. The zero-order valence-corrected chi connectivity index (χ0v) is 15.5. The number of nitrogens with zero attached hydrogens (tertiary/aromatic N) is 1. The first-order valence-corrected chi connectivity index (χ1v) is 9.29. The molecule has 1 N–H and O–H groups in total. The Labute approximate surface area is 156 Å². The molecule has 2 aromatic carbocycles. The molecular formula is C17H14Cl2N2O3S. The smallest absolute Gasteiger partial charge is 0.251 e. The van der Waals surface area contributed by atoms with Crippen molar-refractivity contribution in [3.8, 4) is 11.8 Å².